The molecule has 2 fully saturated rings. The van der Waals surface area contributed by atoms with Crippen LogP contribution in [-0.2, 0) is 14.3 Å². The van der Waals surface area contributed by atoms with Gasteiger partial charge in [-0.15, -0.1) is 0 Å². The summed E-state index contributed by atoms with van der Waals surface area (Å²) in [4.78, 5) is 24.0. The smallest absolute Gasteiger partial charge is 0.329 e. The van der Waals surface area contributed by atoms with Crippen LogP contribution in [-0.4, -0.2) is 35.2 Å². The summed E-state index contributed by atoms with van der Waals surface area (Å²) >= 11 is 0. The molecule has 2 rings (SSSR count). The lowest BCUT2D eigenvalue weighted by Gasteiger charge is -2.40. The van der Waals surface area contributed by atoms with E-state index >= 15 is 0 Å². The van der Waals surface area contributed by atoms with Gasteiger partial charge >= 0.3 is 5.97 Å². The number of ether oxygens (including phenoxy) is 1. The van der Waals surface area contributed by atoms with Crippen LogP contribution in [0.1, 0.15) is 46.0 Å². The van der Waals surface area contributed by atoms with Crippen molar-refractivity contribution in [3.8, 4) is 0 Å². The van der Waals surface area contributed by atoms with Crippen LogP contribution in [0.5, 0.6) is 0 Å². The molecule has 1 heterocycles. The van der Waals surface area contributed by atoms with Crippen molar-refractivity contribution in [1.82, 2.24) is 5.32 Å². The highest BCUT2D eigenvalue weighted by atomic mass is 16.5. The van der Waals surface area contributed by atoms with Gasteiger partial charge in [-0.05, 0) is 32.1 Å². The Bertz CT molecular complexity index is 370. The summed E-state index contributed by atoms with van der Waals surface area (Å²) < 4.78 is 5.39. The first-order valence-electron chi connectivity index (χ1n) is 7.14. The molecular weight excluding hydrogens is 246 g/mol. The predicted octanol–water partition coefficient (Wildman–Crippen LogP) is 1.56. The van der Waals surface area contributed by atoms with E-state index in [-0.39, 0.29) is 23.8 Å². The zero-order valence-corrected chi connectivity index (χ0v) is 11.6. The van der Waals surface area contributed by atoms with E-state index in [2.05, 4.69) is 5.32 Å². The van der Waals surface area contributed by atoms with Gasteiger partial charge in [0.25, 0.3) is 0 Å². The number of rotatable bonds is 3. The van der Waals surface area contributed by atoms with Crippen LogP contribution in [0.15, 0.2) is 0 Å². The molecule has 19 heavy (non-hydrogen) atoms. The van der Waals surface area contributed by atoms with Crippen molar-refractivity contribution in [2.75, 3.05) is 6.61 Å². The number of carboxylic acid groups (broad SMARTS) is 1. The Kier molecular flexibility index (Phi) is 4.13. The summed E-state index contributed by atoms with van der Waals surface area (Å²) in [6.07, 6.45) is 3.82. The molecule has 0 bridgehead atoms. The predicted molar refractivity (Wildman–Crippen MR) is 69.7 cm³/mol. The molecule has 5 nitrogen and oxygen atoms in total. The van der Waals surface area contributed by atoms with Gasteiger partial charge in [0.15, 0.2) is 0 Å². The molecule has 0 aromatic carbocycles. The zero-order chi connectivity index (χ0) is 14.0. The Morgan fingerprint density at radius 1 is 1.26 bits per heavy atom. The van der Waals surface area contributed by atoms with E-state index in [1.54, 1.807) is 0 Å². The van der Waals surface area contributed by atoms with Gasteiger partial charge in [-0.25, -0.2) is 4.79 Å². The lowest BCUT2D eigenvalue weighted by Crippen LogP contribution is -2.61. The number of carboxylic acids is 1. The second-order valence-corrected chi connectivity index (χ2v) is 5.88. The molecule has 4 unspecified atom stereocenters. The molecular formula is C14H23NO4. The van der Waals surface area contributed by atoms with E-state index in [9.17, 15) is 14.7 Å². The van der Waals surface area contributed by atoms with Gasteiger partial charge in [-0.2, -0.15) is 0 Å². The molecule has 0 spiro atoms. The molecule has 2 N–H and O–H groups in total. The Morgan fingerprint density at radius 3 is 2.53 bits per heavy atom. The lowest BCUT2D eigenvalue weighted by molar-refractivity contribution is -0.153. The molecule has 2 aliphatic rings. The van der Waals surface area contributed by atoms with Crippen molar-refractivity contribution in [1.29, 1.82) is 0 Å². The maximum atomic E-state index is 12.3. The summed E-state index contributed by atoms with van der Waals surface area (Å²) in [7, 11) is 0. The number of hydrogen-bond donors (Lipinski definition) is 2. The standard InChI is InChI=1S/C14H23NO4/c1-9-5-3-4-7-14(9,13(17)18)15-12(16)11-6-8-19-10(11)2/h9-11H,3-8H2,1-2H3,(H,15,16)(H,17,18). The Balaban J connectivity index is 2.12. The van der Waals surface area contributed by atoms with Gasteiger partial charge in [0.05, 0.1) is 12.0 Å². The summed E-state index contributed by atoms with van der Waals surface area (Å²) in [5.41, 5.74) is -1.09. The van der Waals surface area contributed by atoms with Crippen molar-refractivity contribution >= 4 is 11.9 Å². The summed E-state index contributed by atoms with van der Waals surface area (Å²) in [5, 5.41) is 12.4. The third-order valence-electron chi connectivity index (χ3n) is 4.74. The second-order valence-electron chi connectivity index (χ2n) is 5.88. The number of aliphatic carboxylic acids is 1. The highest BCUT2D eigenvalue weighted by molar-refractivity contribution is 5.88. The van der Waals surface area contributed by atoms with Gasteiger partial charge in [0.2, 0.25) is 5.91 Å². The quantitative estimate of drug-likeness (QED) is 0.815. The monoisotopic (exact) mass is 269 g/mol. The SMILES string of the molecule is CC1OCCC1C(=O)NC1(C(=O)O)CCCCC1C. The molecule has 1 aliphatic carbocycles. The minimum atomic E-state index is -1.09. The minimum Gasteiger partial charge on any atom is -0.479 e. The second kappa shape index (κ2) is 5.49. The van der Waals surface area contributed by atoms with E-state index in [1.807, 2.05) is 13.8 Å². The third kappa shape index (κ3) is 2.61. The number of hydrogen-bond acceptors (Lipinski definition) is 3. The molecule has 4 atom stereocenters. The number of nitrogens with one attached hydrogen (secondary N) is 1. The maximum Gasteiger partial charge on any atom is 0.329 e. The van der Waals surface area contributed by atoms with Crippen LogP contribution in [0.4, 0.5) is 0 Å². The summed E-state index contributed by atoms with van der Waals surface area (Å²) in [6, 6.07) is 0. The average Bonchev–Trinajstić information content (AvgIpc) is 2.78. The first-order chi connectivity index (χ1) is 8.97. The molecule has 108 valence electrons. The van der Waals surface area contributed by atoms with Crippen molar-refractivity contribution in [2.24, 2.45) is 11.8 Å². The fraction of sp³-hybridized carbons (Fsp3) is 0.857. The number of amides is 1. The molecule has 1 amide bonds. The van der Waals surface area contributed by atoms with E-state index in [0.29, 0.717) is 19.4 Å². The number of carbonyl (C=O) groups excluding carboxylic acids is 1. The zero-order valence-electron chi connectivity index (χ0n) is 11.6. The first-order valence-corrected chi connectivity index (χ1v) is 7.14. The van der Waals surface area contributed by atoms with Crippen LogP contribution in [0, 0.1) is 11.8 Å². The van der Waals surface area contributed by atoms with Crippen molar-refractivity contribution < 1.29 is 19.4 Å². The van der Waals surface area contributed by atoms with Crippen molar-refractivity contribution in [3.63, 3.8) is 0 Å². The largest absolute Gasteiger partial charge is 0.479 e. The molecule has 0 radical (unpaired) electrons. The van der Waals surface area contributed by atoms with Gasteiger partial charge in [0.1, 0.15) is 5.54 Å². The highest BCUT2D eigenvalue weighted by Crippen LogP contribution is 2.35. The van der Waals surface area contributed by atoms with Gasteiger partial charge in [0, 0.05) is 6.61 Å². The van der Waals surface area contributed by atoms with Crippen LogP contribution >= 0.6 is 0 Å². The van der Waals surface area contributed by atoms with E-state index < -0.39 is 11.5 Å². The molecule has 1 saturated heterocycles. The highest BCUT2D eigenvalue weighted by Gasteiger charge is 2.47. The fourth-order valence-electron chi connectivity index (χ4n) is 3.29. The van der Waals surface area contributed by atoms with Crippen molar-refractivity contribution in [2.45, 2.75) is 57.6 Å². The van der Waals surface area contributed by atoms with E-state index in [1.165, 1.54) is 0 Å². The third-order valence-corrected chi connectivity index (χ3v) is 4.74. The Morgan fingerprint density at radius 2 is 2.00 bits per heavy atom. The fourth-order valence-corrected chi connectivity index (χ4v) is 3.29. The normalized spacial score (nSPS) is 38.9. The van der Waals surface area contributed by atoms with Crippen LogP contribution < -0.4 is 5.32 Å². The minimum absolute atomic E-state index is 0.0275. The maximum absolute atomic E-state index is 12.3. The lowest BCUT2D eigenvalue weighted by atomic mass is 9.73. The Labute approximate surface area is 113 Å². The topological polar surface area (TPSA) is 75.6 Å². The van der Waals surface area contributed by atoms with Gasteiger partial charge in [-0.1, -0.05) is 19.8 Å². The van der Waals surface area contributed by atoms with Gasteiger partial charge in [-0.3, -0.25) is 4.79 Å². The summed E-state index contributed by atoms with van der Waals surface area (Å²) in [5.74, 6) is -1.31. The van der Waals surface area contributed by atoms with E-state index in [0.717, 1.165) is 19.3 Å². The van der Waals surface area contributed by atoms with E-state index in [4.69, 9.17) is 4.74 Å². The number of carbonyl (C=O) groups is 2. The van der Waals surface area contributed by atoms with Gasteiger partial charge < -0.3 is 15.2 Å². The molecule has 0 aromatic rings. The molecule has 1 saturated carbocycles. The van der Waals surface area contributed by atoms with Crippen molar-refractivity contribution in [3.05, 3.63) is 0 Å². The molecule has 0 aromatic heterocycles. The Hall–Kier alpha value is -1.10. The summed E-state index contributed by atoms with van der Waals surface area (Å²) in [6.45, 7) is 4.37. The molecule has 5 heteroatoms. The van der Waals surface area contributed by atoms with Crippen LogP contribution in [0.25, 0.3) is 0 Å². The first kappa shape index (κ1) is 14.3. The van der Waals surface area contributed by atoms with Crippen LogP contribution in [0.2, 0.25) is 0 Å². The molecule has 1 aliphatic heterocycles. The average molecular weight is 269 g/mol. The van der Waals surface area contributed by atoms with Crippen LogP contribution in [0.3, 0.4) is 0 Å².